The van der Waals surface area contributed by atoms with E-state index >= 15 is 0 Å². The third kappa shape index (κ3) is 3.51. The third-order valence-corrected chi connectivity index (χ3v) is 1.44. The van der Waals surface area contributed by atoms with Crippen LogP contribution in [0.2, 0.25) is 0 Å². The monoisotopic (exact) mass is 208 g/mol. The van der Waals surface area contributed by atoms with Crippen LogP contribution in [0, 0.1) is 0 Å². The van der Waals surface area contributed by atoms with E-state index in [0.717, 1.165) is 6.08 Å². The van der Waals surface area contributed by atoms with Gasteiger partial charge in [-0.25, -0.2) is 9.59 Å². The van der Waals surface area contributed by atoms with Crippen molar-refractivity contribution >= 4 is 11.9 Å². The summed E-state index contributed by atoms with van der Waals surface area (Å²) in [5, 5.41) is 17.5. The van der Waals surface area contributed by atoms with Gasteiger partial charge in [0.2, 0.25) is 0 Å². The lowest BCUT2D eigenvalue weighted by atomic mass is 10.3. The highest BCUT2D eigenvalue weighted by Crippen LogP contribution is 2.24. The van der Waals surface area contributed by atoms with Gasteiger partial charge in [0.05, 0.1) is 0 Å². The van der Waals surface area contributed by atoms with Crippen molar-refractivity contribution in [1.82, 2.24) is 0 Å². The highest BCUT2D eigenvalue weighted by molar-refractivity contribution is 5.91. The van der Waals surface area contributed by atoms with Crippen LogP contribution >= 0.6 is 0 Å². The molecule has 0 unspecified atom stereocenters. The predicted octanol–water partition coefficient (Wildman–Crippen LogP) is 0.938. The molecule has 15 heavy (non-hydrogen) atoms. The van der Waals surface area contributed by atoms with Crippen molar-refractivity contribution in [2.45, 2.75) is 0 Å². The zero-order valence-electron chi connectivity index (χ0n) is 7.58. The van der Waals surface area contributed by atoms with Crippen molar-refractivity contribution in [3.05, 3.63) is 36.4 Å². The van der Waals surface area contributed by atoms with Crippen LogP contribution in [0.1, 0.15) is 0 Å². The molecule has 0 saturated carbocycles. The standard InChI is InChI=1S/C10H8O5/c11-7-3-1-2-4-8(7)15-10(14)6-5-9(12)13/h1-6,11H,(H,12,13). The number of hydrogen-bond acceptors (Lipinski definition) is 4. The molecule has 1 aromatic rings. The van der Waals surface area contributed by atoms with Gasteiger partial charge < -0.3 is 14.9 Å². The van der Waals surface area contributed by atoms with Crippen molar-refractivity contribution < 1.29 is 24.5 Å². The molecule has 2 N–H and O–H groups in total. The van der Waals surface area contributed by atoms with E-state index < -0.39 is 11.9 Å². The maximum absolute atomic E-state index is 11.0. The van der Waals surface area contributed by atoms with Gasteiger partial charge >= 0.3 is 11.9 Å². The van der Waals surface area contributed by atoms with Gasteiger partial charge in [0, 0.05) is 12.2 Å². The first-order valence-electron chi connectivity index (χ1n) is 4.00. The Hall–Kier alpha value is -2.30. The number of carbonyl (C=O) groups excluding carboxylic acids is 1. The Bertz CT molecular complexity index is 408. The predicted molar refractivity (Wildman–Crippen MR) is 50.5 cm³/mol. The molecule has 0 aliphatic heterocycles. The Morgan fingerprint density at radius 1 is 1.20 bits per heavy atom. The number of benzene rings is 1. The van der Waals surface area contributed by atoms with Gasteiger partial charge in [-0.1, -0.05) is 12.1 Å². The first kappa shape index (κ1) is 10.8. The highest BCUT2D eigenvalue weighted by atomic mass is 16.5. The summed E-state index contributed by atoms with van der Waals surface area (Å²) in [6.07, 6.45) is 1.41. The molecule has 0 atom stereocenters. The zero-order valence-corrected chi connectivity index (χ0v) is 7.58. The van der Waals surface area contributed by atoms with Gasteiger partial charge in [-0.3, -0.25) is 0 Å². The number of ether oxygens (including phenoxy) is 1. The number of carboxylic acids is 1. The molecule has 0 radical (unpaired) electrons. The molecule has 5 heteroatoms. The summed E-state index contributed by atoms with van der Waals surface area (Å²) in [6.45, 7) is 0. The number of carboxylic acid groups (broad SMARTS) is 1. The third-order valence-electron chi connectivity index (χ3n) is 1.44. The van der Waals surface area contributed by atoms with E-state index in [-0.39, 0.29) is 11.5 Å². The largest absolute Gasteiger partial charge is 0.504 e. The zero-order chi connectivity index (χ0) is 11.3. The molecule has 0 aliphatic carbocycles. The number of hydrogen-bond donors (Lipinski definition) is 2. The lowest BCUT2D eigenvalue weighted by molar-refractivity contribution is -0.133. The van der Waals surface area contributed by atoms with Crippen LogP contribution in [-0.2, 0) is 9.59 Å². The fourth-order valence-electron chi connectivity index (χ4n) is 0.825. The van der Waals surface area contributed by atoms with Gasteiger partial charge in [-0.05, 0) is 12.1 Å². The van der Waals surface area contributed by atoms with Crippen molar-refractivity contribution in [1.29, 1.82) is 0 Å². The quantitative estimate of drug-likeness (QED) is 0.438. The summed E-state index contributed by atoms with van der Waals surface area (Å²) in [5.41, 5.74) is 0. The van der Waals surface area contributed by atoms with Crippen LogP contribution in [0.3, 0.4) is 0 Å². The Kier molecular flexibility index (Phi) is 3.45. The number of aliphatic carboxylic acids is 1. The minimum absolute atomic E-state index is 0.0162. The maximum atomic E-state index is 11.0. The van der Waals surface area contributed by atoms with Crippen LogP contribution in [0.15, 0.2) is 36.4 Å². The normalized spacial score (nSPS) is 10.1. The average Bonchev–Trinajstić information content (AvgIpc) is 2.18. The second-order valence-corrected chi connectivity index (χ2v) is 2.56. The van der Waals surface area contributed by atoms with E-state index in [0.29, 0.717) is 6.08 Å². The lowest BCUT2D eigenvalue weighted by Crippen LogP contribution is -2.04. The van der Waals surface area contributed by atoms with Gasteiger partial charge in [0.25, 0.3) is 0 Å². The second-order valence-electron chi connectivity index (χ2n) is 2.56. The van der Waals surface area contributed by atoms with Crippen molar-refractivity contribution in [2.24, 2.45) is 0 Å². The SMILES string of the molecule is O=C(O)C=CC(=O)Oc1ccccc1O. The molecule has 0 amide bonds. The van der Waals surface area contributed by atoms with Crippen molar-refractivity contribution in [3.8, 4) is 11.5 Å². The van der Waals surface area contributed by atoms with E-state index in [9.17, 15) is 14.7 Å². The molecule has 0 spiro atoms. The van der Waals surface area contributed by atoms with E-state index in [1.165, 1.54) is 12.1 Å². The molecule has 1 aromatic carbocycles. The van der Waals surface area contributed by atoms with Crippen molar-refractivity contribution in [2.75, 3.05) is 0 Å². The number of para-hydroxylation sites is 2. The number of rotatable bonds is 3. The minimum Gasteiger partial charge on any atom is -0.504 e. The van der Waals surface area contributed by atoms with Crippen LogP contribution < -0.4 is 4.74 Å². The summed E-state index contributed by atoms with van der Waals surface area (Å²) in [4.78, 5) is 21.1. The van der Waals surface area contributed by atoms with Crippen LogP contribution in [0.5, 0.6) is 11.5 Å². The molecule has 0 heterocycles. The molecule has 0 saturated heterocycles. The van der Waals surface area contributed by atoms with Gasteiger partial charge in [-0.15, -0.1) is 0 Å². The first-order chi connectivity index (χ1) is 7.09. The van der Waals surface area contributed by atoms with Crippen LogP contribution in [-0.4, -0.2) is 22.2 Å². The molecule has 78 valence electrons. The van der Waals surface area contributed by atoms with Crippen LogP contribution in [0.4, 0.5) is 0 Å². The lowest BCUT2D eigenvalue weighted by Gasteiger charge is -2.02. The molecular formula is C10H8O5. The van der Waals surface area contributed by atoms with E-state index in [1.807, 2.05) is 0 Å². The second kappa shape index (κ2) is 4.80. The Labute approximate surface area is 85.2 Å². The molecule has 0 aromatic heterocycles. The number of phenolic OH excluding ortho intramolecular Hbond substituents is 1. The van der Waals surface area contributed by atoms with Gasteiger partial charge in [0.1, 0.15) is 0 Å². The number of phenols is 1. The van der Waals surface area contributed by atoms with Gasteiger partial charge in [0.15, 0.2) is 11.5 Å². The summed E-state index contributed by atoms with van der Waals surface area (Å²) >= 11 is 0. The summed E-state index contributed by atoms with van der Waals surface area (Å²) in [7, 11) is 0. The maximum Gasteiger partial charge on any atom is 0.336 e. The van der Waals surface area contributed by atoms with Gasteiger partial charge in [-0.2, -0.15) is 0 Å². The van der Waals surface area contributed by atoms with Crippen molar-refractivity contribution in [3.63, 3.8) is 0 Å². The molecule has 0 fully saturated rings. The van der Waals surface area contributed by atoms with E-state index in [1.54, 1.807) is 12.1 Å². The summed E-state index contributed by atoms with van der Waals surface area (Å²) < 4.78 is 4.66. The number of esters is 1. The number of carbonyl (C=O) groups is 2. The molecular weight excluding hydrogens is 200 g/mol. The summed E-state index contributed by atoms with van der Waals surface area (Å²) in [5.74, 6) is -2.31. The first-order valence-corrected chi connectivity index (χ1v) is 4.00. The van der Waals surface area contributed by atoms with Crippen LogP contribution in [0.25, 0.3) is 0 Å². The highest BCUT2D eigenvalue weighted by Gasteiger charge is 2.04. The Morgan fingerprint density at radius 2 is 1.87 bits per heavy atom. The molecule has 5 nitrogen and oxygen atoms in total. The van der Waals surface area contributed by atoms with E-state index in [2.05, 4.69) is 4.74 Å². The molecule has 0 bridgehead atoms. The topological polar surface area (TPSA) is 83.8 Å². The average molecular weight is 208 g/mol. The molecule has 1 rings (SSSR count). The smallest absolute Gasteiger partial charge is 0.336 e. The fraction of sp³-hybridized carbons (Fsp3) is 0. The Balaban J connectivity index is 2.67. The Morgan fingerprint density at radius 3 is 2.47 bits per heavy atom. The summed E-state index contributed by atoms with van der Waals surface area (Å²) in [6, 6.07) is 5.88. The van der Waals surface area contributed by atoms with E-state index in [4.69, 9.17) is 5.11 Å². The number of aromatic hydroxyl groups is 1. The minimum atomic E-state index is -1.25. The fourth-order valence-corrected chi connectivity index (χ4v) is 0.825. The molecule has 0 aliphatic rings.